The lowest BCUT2D eigenvalue weighted by atomic mass is 9.94. The first-order valence-electron chi connectivity index (χ1n) is 6.40. The molecule has 2 nitrogen and oxygen atoms in total. The van der Waals surface area contributed by atoms with E-state index in [4.69, 9.17) is 0 Å². The molecule has 2 aromatic rings. The minimum atomic E-state index is -4.30. The van der Waals surface area contributed by atoms with Crippen LogP contribution in [-0.2, 0) is 12.6 Å². The van der Waals surface area contributed by atoms with Crippen molar-refractivity contribution < 1.29 is 13.2 Å². The van der Waals surface area contributed by atoms with Crippen LogP contribution in [0.2, 0.25) is 0 Å². The predicted octanol–water partition coefficient (Wildman–Crippen LogP) is 3.34. The third kappa shape index (κ3) is 2.41. The van der Waals surface area contributed by atoms with Gasteiger partial charge in [0.15, 0.2) is 0 Å². The fourth-order valence-corrected chi connectivity index (χ4v) is 2.51. The van der Waals surface area contributed by atoms with Crippen molar-refractivity contribution in [2.24, 2.45) is 0 Å². The summed E-state index contributed by atoms with van der Waals surface area (Å²) in [4.78, 5) is 4.36. The van der Waals surface area contributed by atoms with Gasteiger partial charge in [0.05, 0.1) is 17.3 Å². The van der Waals surface area contributed by atoms with E-state index in [1.807, 2.05) is 12.1 Å². The van der Waals surface area contributed by atoms with Crippen LogP contribution in [0.15, 0.2) is 42.6 Å². The summed E-state index contributed by atoms with van der Waals surface area (Å²) < 4.78 is 37.7. The Bertz CT molecular complexity index is 605. The van der Waals surface area contributed by atoms with Gasteiger partial charge in [-0.25, -0.2) is 0 Å². The Hall–Kier alpha value is -1.88. The number of alkyl halides is 3. The second kappa shape index (κ2) is 4.90. The molecule has 0 spiro atoms. The molecule has 0 aliphatic carbocycles. The number of fused-ring (bicyclic) bond motifs is 1. The fraction of sp³-hybridized carbons (Fsp3) is 0.267. The van der Waals surface area contributed by atoms with E-state index >= 15 is 0 Å². The van der Waals surface area contributed by atoms with E-state index in [2.05, 4.69) is 10.3 Å². The molecule has 1 atom stereocenters. The van der Waals surface area contributed by atoms with E-state index in [1.165, 1.54) is 12.1 Å². The van der Waals surface area contributed by atoms with Crippen molar-refractivity contribution in [2.75, 3.05) is 6.54 Å². The van der Waals surface area contributed by atoms with Gasteiger partial charge in [0.2, 0.25) is 0 Å². The Morgan fingerprint density at radius 2 is 1.85 bits per heavy atom. The van der Waals surface area contributed by atoms with Crippen molar-refractivity contribution in [3.05, 3.63) is 65.0 Å². The molecule has 20 heavy (non-hydrogen) atoms. The topological polar surface area (TPSA) is 24.9 Å². The average molecular weight is 278 g/mol. The molecule has 2 heterocycles. The highest BCUT2D eigenvalue weighted by molar-refractivity contribution is 5.36. The zero-order valence-corrected chi connectivity index (χ0v) is 10.6. The third-order valence-corrected chi connectivity index (χ3v) is 3.51. The van der Waals surface area contributed by atoms with Gasteiger partial charge in [-0.2, -0.15) is 13.2 Å². The maximum Gasteiger partial charge on any atom is 0.416 e. The maximum atomic E-state index is 12.6. The maximum absolute atomic E-state index is 12.6. The number of hydrogen-bond acceptors (Lipinski definition) is 2. The van der Waals surface area contributed by atoms with E-state index in [0.29, 0.717) is 0 Å². The minimum Gasteiger partial charge on any atom is -0.305 e. The molecule has 1 aromatic carbocycles. The monoisotopic (exact) mass is 278 g/mol. The van der Waals surface area contributed by atoms with Gasteiger partial charge in [-0.15, -0.1) is 0 Å². The Labute approximate surface area is 114 Å². The molecule has 3 rings (SSSR count). The van der Waals surface area contributed by atoms with Crippen LogP contribution in [0.3, 0.4) is 0 Å². The summed E-state index contributed by atoms with van der Waals surface area (Å²) in [5.41, 5.74) is 2.23. The van der Waals surface area contributed by atoms with Crippen LogP contribution in [0.5, 0.6) is 0 Å². The van der Waals surface area contributed by atoms with Gasteiger partial charge in [0.25, 0.3) is 0 Å². The van der Waals surface area contributed by atoms with E-state index < -0.39 is 11.7 Å². The van der Waals surface area contributed by atoms with Crippen LogP contribution < -0.4 is 5.32 Å². The molecule has 0 bridgehead atoms. The van der Waals surface area contributed by atoms with Gasteiger partial charge in [-0.3, -0.25) is 4.98 Å². The number of nitrogens with zero attached hydrogens (tertiary/aromatic N) is 1. The van der Waals surface area contributed by atoms with E-state index in [0.717, 1.165) is 41.9 Å². The first-order valence-corrected chi connectivity index (χ1v) is 6.40. The van der Waals surface area contributed by atoms with Crippen LogP contribution in [0.25, 0.3) is 0 Å². The standard InChI is InChI=1S/C15H13F3N2/c16-15(17,18)12-5-3-11(4-6-12)14-13-10(7-9-20-14)2-1-8-19-13/h1-6,8,14,20H,7,9H2. The van der Waals surface area contributed by atoms with Gasteiger partial charge < -0.3 is 5.32 Å². The molecule has 5 heteroatoms. The third-order valence-electron chi connectivity index (χ3n) is 3.51. The summed E-state index contributed by atoms with van der Waals surface area (Å²) in [6.45, 7) is 0.796. The number of aromatic nitrogens is 1. The van der Waals surface area contributed by atoms with Crippen LogP contribution in [0.1, 0.15) is 28.4 Å². The summed E-state index contributed by atoms with van der Waals surface area (Å²) >= 11 is 0. The van der Waals surface area contributed by atoms with E-state index in [9.17, 15) is 13.2 Å². The lowest BCUT2D eigenvalue weighted by Crippen LogP contribution is -2.31. The van der Waals surface area contributed by atoms with Crippen molar-refractivity contribution >= 4 is 0 Å². The van der Waals surface area contributed by atoms with Crippen molar-refractivity contribution in [2.45, 2.75) is 18.6 Å². The summed E-state index contributed by atoms with van der Waals surface area (Å²) in [6, 6.07) is 9.04. The number of nitrogens with one attached hydrogen (secondary N) is 1. The molecular formula is C15H13F3N2. The first-order chi connectivity index (χ1) is 9.55. The zero-order valence-electron chi connectivity index (χ0n) is 10.6. The van der Waals surface area contributed by atoms with Gasteiger partial charge >= 0.3 is 6.18 Å². The Kier molecular flexibility index (Phi) is 3.22. The molecule has 0 saturated heterocycles. The van der Waals surface area contributed by atoms with Crippen LogP contribution in [0, 0.1) is 0 Å². The number of halogens is 3. The predicted molar refractivity (Wildman–Crippen MR) is 69.2 cm³/mol. The molecule has 1 N–H and O–H groups in total. The second-order valence-electron chi connectivity index (χ2n) is 4.80. The largest absolute Gasteiger partial charge is 0.416 e. The lowest BCUT2D eigenvalue weighted by molar-refractivity contribution is -0.137. The van der Waals surface area contributed by atoms with Crippen molar-refractivity contribution in [1.82, 2.24) is 10.3 Å². The highest BCUT2D eigenvalue weighted by Crippen LogP contribution is 2.32. The molecule has 1 aromatic heterocycles. The van der Waals surface area contributed by atoms with Gasteiger partial charge in [-0.05, 0) is 35.7 Å². The van der Waals surface area contributed by atoms with Crippen molar-refractivity contribution in [3.63, 3.8) is 0 Å². The Balaban J connectivity index is 1.95. The molecule has 0 fully saturated rings. The van der Waals surface area contributed by atoms with Crippen LogP contribution in [-0.4, -0.2) is 11.5 Å². The lowest BCUT2D eigenvalue weighted by Gasteiger charge is -2.26. The summed E-state index contributed by atoms with van der Waals surface area (Å²) in [6.07, 6.45) is -1.70. The zero-order chi connectivity index (χ0) is 14.2. The molecule has 0 saturated carbocycles. The molecule has 0 radical (unpaired) electrons. The Morgan fingerprint density at radius 3 is 2.55 bits per heavy atom. The normalized spacial score (nSPS) is 18.6. The Morgan fingerprint density at radius 1 is 1.10 bits per heavy atom. The number of pyridine rings is 1. The SMILES string of the molecule is FC(F)(F)c1ccc(C2NCCc3cccnc32)cc1. The highest BCUT2D eigenvalue weighted by atomic mass is 19.4. The highest BCUT2D eigenvalue weighted by Gasteiger charge is 2.30. The number of benzene rings is 1. The number of rotatable bonds is 1. The van der Waals surface area contributed by atoms with Crippen LogP contribution in [0.4, 0.5) is 13.2 Å². The van der Waals surface area contributed by atoms with Gasteiger partial charge in [-0.1, -0.05) is 18.2 Å². The molecule has 1 aliphatic rings. The summed E-state index contributed by atoms with van der Waals surface area (Å²) in [5.74, 6) is 0. The van der Waals surface area contributed by atoms with Gasteiger partial charge in [0.1, 0.15) is 0 Å². The van der Waals surface area contributed by atoms with Crippen molar-refractivity contribution in [3.8, 4) is 0 Å². The first kappa shape index (κ1) is 13.1. The molecular weight excluding hydrogens is 265 g/mol. The van der Waals surface area contributed by atoms with E-state index in [-0.39, 0.29) is 6.04 Å². The molecule has 0 amide bonds. The minimum absolute atomic E-state index is 0.137. The molecule has 104 valence electrons. The van der Waals surface area contributed by atoms with Gasteiger partial charge in [0, 0.05) is 12.7 Å². The molecule has 1 aliphatic heterocycles. The fourth-order valence-electron chi connectivity index (χ4n) is 2.51. The number of hydrogen-bond donors (Lipinski definition) is 1. The van der Waals surface area contributed by atoms with Crippen molar-refractivity contribution in [1.29, 1.82) is 0 Å². The summed E-state index contributed by atoms with van der Waals surface area (Å²) in [5, 5.41) is 3.31. The quantitative estimate of drug-likeness (QED) is 0.865. The molecule has 1 unspecified atom stereocenters. The van der Waals surface area contributed by atoms with Crippen LogP contribution >= 0.6 is 0 Å². The second-order valence-corrected chi connectivity index (χ2v) is 4.80. The summed E-state index contributed by atoms with van der Waals surface area (Å²) in [7, 11) is 0. The smallest absolute Gasteiger partial charge is 0.305 e. The average Bonchev–Trinajstić information content (AvgIpc) is 2.46. The van der Waals surface area contributed by atoms with E-state index in [1.54, 1.807) is 6.20 Å².